The summed E-state index contributed by atoms with van der Waals surface area (Å²) in [6.45, 7) is 2.54. The fourth-order valence-electron chi connectivity index (χ4n) is 0.0962. The van der Waals surface area contributed by atoms with Gasteiger partial charge in [0, 0.05) is 0 Å². The van der Waals surface area contributed by atoms with Crippen molar-refractivity contribution < 1.29 is 4.65 Å². The summed E-state index contributed by atoms with van der Waals surface area (Å²) in [5, 5.41) is 0. The van der Waals surface area contributed by atoms with Gasteiger partial charge in [-0.3, -0.25) is 0 Å². The summed E-state index contributed by atoms with van der Waals surface area (Å²) >= 11 is 0. The van der Waals surface area contributed by atoms with E-state index in [9.17, 15) is 0 Å². The topological polar surface area (TPSA) is 9.23 Å². The third-order valence-electron chi connectivity index (χ3n) is 0.263. The molecule has 0 aromatic rings. The molecule has 0 saturated heterocycles. The number of rotatable bonds is 2. The van der Waals surface area contributed by atoms with Gasteiger partial charge in [0.05, 0.1) is 0 Å². The van der Waals surface area contributed by atoms with Crippen LogP contribution in [0.15, 0.2) is 0 Å². The third-order valence-corrected chi connectivity index (χ3v) is 0.263. The van der Waals surface area contributed by atoms with Crippen molar-refractivity contribution in [3.8, 4) is 0 Å². The molecule has 0 aromatic heterocycles. The van der Waals surface area contributed by atoms with Gasteiger partial charge < -0.3 is 0 Å². The molecular weight excluding hydrogens is 61.6 g/mol. The third kappa shape index (κ3) is 3.93. The van der Waals surface area contributed by atoms with Crippen molar-refractivity contribution in [3.63, 3.8) is 0 Å². The van der Waals surface area contributed by atoms with E-state index in [1.54, 1.807) is 0 Å². The zero-order valence-corrected chi connectivity index (χ0v) is 3.27. The van der Waals surface area contributed by atoms with Gasteiger partial charge in [-0.05, 0) is 0 Å². The first kappa shape index (κ1) is 4.93. The summed E-state index contributed by atoms with van der Waals surface area (Å²) in [6.07, 6.45) is 0. The second kappa shape index (κ2) is 3.93. The number of hydrogen-bond acceptors (Lipinski definition) is 1. The molecule has 1 radical (unpaired) electrons. The average molecular weight is 66.7 g/mol. The zero-order valence-electron chi connectivity index (χ0n) is 3.27. The second-order valence-electron chi connectivity index (χ2n) is 0.591. The van der Waals surface area contributed by atoms with Gasteiger partial charge in [-0.15, -0.1) is 0 Å². The van der Waals surface area contributed by atoms with Crippen molar-refractivity contribution in [2.75, 3.05) is 6.61 Å². The first-order valence-electron chi connectivity index (χ1n) is 1.56. The minimum absolute atomic E-state index is 0.663. The predicted octanol–water partition coefficient (Wildman–Crippen LogP) is -0.274. The Morgan fingerprint density at radius 1 is 2.00 bits per heavy atom. The van der Waals surface area contributed by atoms with E-state index in [0.717, 1.165) is 0 Å². The van der Waals surface area contributed by atoms with E-state index in [0.29, 0.717) is 6.61 Å². The molecule has 25 valence electrons. The van der Waals surface area contributed by atoms with Gasteiger partial charge in [-0.1, -0.05) is 0 Å². The molecule has 0 N–H and O–H groups in total. The van der Waals surface area contributed by atoms with E-state index in [-0.39, 0.29) is 0 Å². The SMILES string of the molecule is [B]=BOCC. The van der Waals surface area contributed by atoms with Crippen molar-refractivity contribution in [1.29, 1.82) is 0 Å². The van der Waals surface area contributed by atoms with Crippen molar-refractivity contribution in [3.05, 3.63) is 0 Å². The molecule has 0 amide bonds. The van der Waals surface area contributed by atoms with E-state index in [4.69, 9.17) is 7.37 Å². The molecule has 0 aliphatic carbocycles. The van der Waals surface area contributed by atoms with Crippen LogP contribution in [-0.4, -0.2) is 21.0 Å². The molecule has 1 nitrogen and oxygen atoms in total. The molecule has 0 spiro atoms. The summed E-state index contributed by atoms with van der Waals surface area (Å²) in [5.41, 5.74) is 0. The van der Waals surface area contributed by atoms with E-state index in [1.165, 1.54) is 7.00 Å². The fraction of sp³-hybridized carbons (Fsp3) is 1.00. The first-order valence-corrected chi connectivity index (χ1v) is 1.56. The number of hydrogen-bond donors (Lipinski definition) is 0. The average Bonchev–Trinajstić information content (AvgIpc) is 1.41. The van der Waals surface area contributed by atoms with Gasteiger partial charge in [-0.25, -0.2) is 0 Å². The first-order chi connectivity index (χ1) is 2.41. The molecule has 0 heterocycles. The van der Waals surface area contributed by atoms with Crippen LogP contribution in [0.25, 0.3) is 0 Å². The van der Waals surface area contributed by atoms with Crippen molar-refractivity contribution in [1.82, 2.24) is 0 Å². The van der Waals surface area contributed by atoms with E-state index >= 15 is 0 Å². The summed E-state index contributed by atoms with van der Waals surface area (Å²) in [7, 11) is 5.97. The summed E-state index contributed by atoms with van der Waals surface area (Å²) in [6, 6.07) is 0. The molecule has 0 fully saturated rings. The van der Waals surface area contributed by atoms with Gasteiger partial charge in [0.1, 0.15) is 0 Å². The Labute approximate surface area is 33.6 Å². The van der Waals surface area contributed by atoms with Crippen LogP contribution in [-0.2, 0) is 4.65 Å². The molecule has 0 aromatic carbocycles. The van der Waals surface area contributed by atoms with Gasteiger partial charge >= 0.3 is 32.6 Å². The van der Waals surface area contributed by atoms with Crippen LogP contribution in [0, 0.1) is 0 Å². The molecule has 0 unspecified atom stereocenters. The molecule has 3 heteroatoms. The molecule has 5 heavy (non-hydrogen) atoms. The zero-order chi connectivity index (χ0) is 4.12. The van der Waals surface area contributed by atoms with E-state index in [1.807, 2.05) is 6.92 Å². The van der Waals surface area contributed by atoms with Crippen LogP contribution in [0.3, 0.4) is 0 Å². The van der Waals surface area contributed by atoms with Gasteiger partial charge in [0.25, 0.3) is 0 Å². The Balaban J connectivity index is 2.40. The van der Waals surface area contributed by atoms with Crippen LogP contribution < -0.4 is 0 Å². The van der Waals surface area contributed by atoms with Gasteiger partial charge in [0.15, 0.2) is 0 Å². The molecule has 0 saturated carbocycles. The van der Waals surface area contributed by atoms with E-state index < -0.39 is 0 Å². The van der Waals surface area contributed by atoms with Crippen LogP contribution in [0.1, 0.15) is 6.92 Å². The van der Waals surface area contributed by atoms with Crippen LogP contribution in [0.2, 0.25) is 0 Å². The van der Waals surface area contributed by atoms with Crippen LogP contribution in [0.4, 0.5) is 0 Å². The monoisotopic (exact) mass is 67.1 g/mol. The van der Waals surface area contributed by atoms with E-state index in [2.05, 4.69) is 4.65 Å². The van der Waals surface area contributed by atoms with Crippen molar-refractivity contribution >= 4 is 14.4 Å². The van der Waals surface area contributed by atoms with Gasteiger partial charge in [0.2, 0.25) is 0 Å². The Hall–Kier alpha value is -0.0701. The Morgan fingerprint density at radius 2 is 2.60 bits per heavy atom. The molecule has 0 bridgehead atoms. The molecule has 0 rings (SSSR count). The van der Waals surface area contributed by atoms with Gasteiger partial charge in [-0.2, -0.15) is 0 Å². The Kier molecular flexibility index (Phi) is 3.87. The maximum absolute atomic E-state index is 4.79. The normalized spacial score (nSPS) is 5.60. The summed E-state index contributed by atoms with van der Waals surface area (Å²) in [5.74, 6) is 0. The van der Waals surface area contributed by atoms with Crippen LogP contribution >= 0.6 is 0 Å². The molecule has 0 aliphatic heterocycles. The predicted molar refractivity (Wildman–Crippen MR) is 23.1 cm³/mol. The fourth-order valence-corrected chi connectivity index (χ4v) is 0.0962. The quantitative estimate of drug-likeness (QED) is 0.403. The van der Waals surface area contributed by atoms with Crippen molar-refractivity contribution in [2.45, 2.75) is 6.92 Å². The molecule has 0 aliphatic rings. The summed E-state index contributed by atoms with van der Waals surface area (Å²) < 4.78 is 4.49. The van der Waals surface area contributed by atoms with Crippen molar-refractivity contribution in [2.24, 2.45) is 0 Å². The maximum atomic E-state index is 4.79. The standard InChI is InChI=1S/C2H5B2O/c1-2-5-4-3/h2H2,1H3. The minimum atomic E-state index is 0.663. The second-order valence-corrected chi connectivity index (χ2v) is 0.591. The molecule has 0 atom stereocenters. The molecular formula is C2H5B2O. The Bertz CT molecular complexity index is 28.8. The summed E-state index contributed by atoms with van der Waals surface area (Å²) in [4.78, 5) is 0. The Morgan fingerprint density at radius 3 is 2.60 bits per heavy atom. The van der Waals surface area contributed by atoms with Crippen LogP contribution in [0.5, 0.6) is 0 Å².